The number of hydrogen-bond acceptors (Lipinski definition) is 3. The first kappa shape index (κ1) is 16.8. The fourth-order valence-electron chi connectivity index (χ4n) is 3.65. The molecule has 1 aromatic rings. The maximum absolute atomic E-state index is 12.5. The summed E-state index contributed by atoms with van der Waals surface area (Å²) in [6.45, 7) is 3.46. The highest BCUT2D eigenvalue weighted by atomic mass is 16.2. The Labute approximate surface area is 142 Å². The number of carbonyl (C=O) groups excluding carboxylic acids is 2. The van der Waals surface area contributed by atoms with E-state index < -0.39 is 5.41 Å². The molecule has 2 heterocycles. The van der Waals surface area contributed by atoms with Crippen molar-refractivity contribution in [3.63, 3.8) is 0 Å². The summed E-state index contributed by atoms with van der Waals surface area (Å²) < 4.78 is 1.85. The molecule has 0 radical (unpaired) electrons. The summed E-state index contributed by atoms with van der Waals surface area (Å²) in [5.74, 6) is 0.589. The topological polar surface area (TPSA) is 79.3 Å². The highest BCUT2D eigenvalue weighted by Crippen LogP contribution is 2.37. The Morgan fingerprint density at radius 2 is 2.17 bits per heavy atom. The number of urea groups is 1. The summed E-state index contributed by atoms with van der Waals surface area (Å²) in [5.41, 5.74) is 1.86. The molecule has 3 amide bonds. The van der Waals surface area contributed by atoms with Crippen LogP contribution >= 0.6 is 0 Å². The second-order valence-corrected chi connectivity index (χ2v) is 7.27. The van der Waals surface area contributed by atoms with Crippen molar-refractivity contribution in [2.75, 3.05) is 20.1 Å². The van der Waals surface area contributed by atoms with Gasteiger partial charge in [-0.15, -0.1) is 0 Å². The number of aryl methyl sites for hydroxylation is 1. The normalized spacial score (nSPS) is 23.9. The van der Waals surface area contributed by atoms with E-state index in [1.54, 1.807) is 11.9 Å². The molecule has 2 N–H and O–H groups in total. The fraction of sp³-hybridized carbons (Fsp3) is 0.706. The van der Waals surface area contributed by atoms with E-state index in [0.29, 0.717) is 32.0 Å². The number of carbonyl (C=O) groups is 2. The number of hydrogen-bond donors (Lipinski definition) is 2. The maximum Gasteiger partial charge on any atom is 0.317 e. The lowest BCUT2D eigenvalue weighted by Gasteiger charge is -2.26. The summed E-state index contributed by atoms with van der Waals surface area (Å²) in [5, 5.41) is 10.0. The highest BCUT2D eigenvalue weighted by Gasteiger charge is 2.41. The Balaban J connectivity index is 1.59. The first-order valence-corrected chi connectivity index (χ1v) is 8.70. The second kappa shape index (κ2) is 6.45. The summed E-state index contributed by atoms with van der Waals surface area (Å²) in [6.07, 6.45) is 6.33. The van der Waals surface area contributed by atoms with Crippen LogP contribution in [0.5, 0.6) is 0 Å². The molecule has 1 atom stereocenters. The number of likely N-dealkylation sites (tertiary alicyclic amines) is 1. The molecule has 7 nitrogen and oxygen atoms in total. The van der Waals surface area contributed by atoms with Crippen molar-refractivity contribution in [1.29, 1.82) is 0 Å². The van der Waals surface area contributed by atoms with Crippen LogP contribution in [-0.4, -0.2) is 46.8 Å². The first-order valence-electron chi connectivity index (χ1n) is 8.70. The van der Waals surface area contributed by atoms with E-state index in [9.17, 15) is 9.59 Å². The van der Waals surface area contributed by atoms with Gasteiger partial charge in [-0.3, -0.25) is 9.48 Å². The van der Waals surface area contributed by atoms with Gasteiger partial charge in [-0.25, -0.2) is 4.79 Å². The van der Waals surface area contributed by atoms with E-state index >= 15 is 0 Å². The molecule has 7 heteroatoms. The third kappa shape index (κ3) is 2.99. The minimum Gasteiger partial charge on any atom is -0.359 e. The molecule has 2 aliphatic rings. The number of rotatable bonds is 4. The average Bonchev–Trinajstić information content (AvgIpc) is 3.08. The van der Waals surface area contributed by atoms with Crippen LogP contribution in [0.3, 0.4) is 0 Å². The Kier molecular flexibility index (Phi) is 4.51. The van der Waals surface area contributed by atoms with Gasteiger partial charge in [0.05, 0.1) is 23.9 Å². The first-order chi connectivity index (χ1) is 11.4. The van der Waals surface area contributed by atoms with Crippen molar-refractivity contribution in [2.45, 2.75) is 45.1 Å². The standard InChI is InChI=1S/C17H27N5O2/c1-17(15(23)18-2)7-8-22(11-17)16(24)19-10-14-13(9-20-21(14)3)12-5-4-6-12/h9,12H,4-8,10-11H2,1-3H3,(H,18,23)(H,19,24). The Bertz CT molecular complexity index is 637. The molecule has 1 unspecified atom stereocenters. The van der Waals surface area contributed by atoms with E-state index in [4.69, 9.17) is 0 Å². The van der Waals surface area contributed by atoms with Crippen LogP contribution in [-0.2, 0) is 18.4 Å². The summed E-state index contributed by atoms with van der Waals surface area (Å²) in [4.78, 5) is 26.2. The van der Waals surface area contributed by atoms with Gasteiger partial charge in [0.25, 0.3) is 0 Å². The van der Waals surface area contributed by atoms with Crippen LogP contribution in [0, 0.1) is 5.41 Å². The summed E-state index contributed by atoms with van der Waals surface area (Å²) in [6, 6.07) is -0.108. The maximum atomic E-state index is 12.5. The van der Waals surface area contributed by atoms with Crippen LogP contribution in [0.25, 0.3) is 0 Å². The monoisotopic (exact) mass is 333 g/mol. The minimum atomic E-state index is -0.490. The molecule has 3 rings (SSSR count). The van der Waals surface area contributed by atoms with Crippen LogP contribution in [0.15, 0.2) is 6.20 Å². The molecular formula is C17H27N5O2. The van der Waals surface area contributed by atoms with Crippen molar-refractivity contribution in [1.82, 2.24) is 25.3 Å². The minimum absolute atomic E-state index is 0.00305. The van der Waals surface area contributed by atoms with Crippen molar-refractivity contribution < 1.29 is 9.59 Å². The van der Waals surface area contributed by atoms with Crippen LogP contribution in [0.4, 0.5) is 4.79 Å². The van der Waals surface area contributed by atoms with Gasteiger partial charge in [0.1, 0.15) is 0 Å². The van der Waals surface area contributed by atoms with E-state index in [0.717, 1.165) is 5.69 Å². The zero-order chi connectivity index (χ0) is 17.3. The molecule has 24 heavy (non-hydrogen) atoms. The van der Waals surface area contributed by atoms with Crippen LogP contribution in [0.1, 0.15) is 49.8 Å². The molecule has 2 fully saturated rings. The van der Waals surface area contributed by atoms with E-state index in [1.165, 1.54) is 24.8 Å². The van der Waals surface area contributed by atoms with Gasteiger partial charge in [-0.1, -0.05) is 6.42 Å². The smallest absolute Gasteiger partial charge is 0.317 e. The lowest BCUT2D eigenvalue weighted by Crippen LogP contribution is -2.43. The van der Waals surface area contributed by atoms with Crippen LogP contribution in [0.2, 0.25) is 0 Å². The Morgan fingerprint density at radius 1 is 1.42 bits per heavy atom. The molecule has 132 valence electrons. The quantitative estimate of drug-likeness (QED) is 0.873. The number of nitrogens with zero attached hydrogens (tertiary/aromatic N) is 3. The molecule has 0 bridgehead atoms. The van der Waals surface area contributed by atoms with E-state index in [-0.39, 0.29) is 11.9 Å². The summed E-state index contributed by atoms with van der Waals surface area (Å²) >= 11 is 0. The Hall–Kier alpha value is -2.05. The molecule has 0 spiro atoms. The predicted octanol–water partition coefficient (Wildman–Crippen LogP) is 1.36. The molecule has 1 aliphatic carbocycles. The van der Waals surface area contributed by atoms with Crippen molar-refractivity contribution in [3.8, 4) is 0 Å². The van der Waals surface area contributed by atoms with Gasteiger partial charge in [0, 0.05) is 27.2 Å². The van der Waals surface area contributed by atoms with E-state index in [2.05, 4.69) is 15.7 Å². The summed E-state index contributed by atoms with van der Waals surface area (Å²) in [7, 11) is 3.56. The van der Waals surface area contributed by atoms with Gasteiger partial charge in [-0.2, -0.15) is 5.10 Å². The average molecular weight is 333 g/mol. The third-order valence-electron chi connectivity index (χ3n) is 5.58. The van der Waals surface area contributed by atoms with Gasteiger partial charge in [0.2, 0.25) is 5.91 Å². The van der Waals surface area contributed by atoms with Gasteiger partial charge in [-0.05, 0) is 37.7 Å². The number of nitrogens with one attached hydrogen (secondary N) is 2. The second-order valence-electron chi connectivity index (χ2n) is 7.27. The zero-order valence-corrected chi connectivity index (χ0v) is 14.8. The number of amides is 3. The zero-order valence-electron chi connectivity index (χ0n) is 14.8. The Morgan fingerprint density at radius 3 is 2.79 bits per heavy atom. The largest absolute Gasteiger partial charge is 0.359 e. The van der Waals surface area contributed by atoms with E-state index in [1.807, 2.05) is 24.9 Å². The van der Waals surface area contributed by atoms with Crippen molar-refractivity contribution >= 4 is 11.9 Å². The number of aromatic nitrogens is 2. The molecule has 1 aliphatic heterocycles. The molecular weight excluding hydrogens is 306 g/mol. The fourth-order valence-corrected chi connectivity index (χ4v) is 3.65. The van der Waals surface area contributed by atoms with Crippen molar-refractivity contribution in [3.05, 3.63) is 17.5 Å². The highest BCUT2D eigenvalue weighted by molar-refractivity contribution is 5.84. The molecule has 1 aromatic heterocycles. The third-order valence-corrected chi connectivity index (χ3v) is 5.58. The molecule has 1 saturated carbocycles. The van der Waals surface area contributed by atoms with Crippen molar-refractivity contribution in [2.24, 2.45) is 12.5 Å². The van der Waals surface area contributed by atoms with Gasteiger partial charge in [0.15, 0.2) is 0 Å². The lowest BCUT2D eigenvalue weighted by molar-refractivity contribution is -0.128. The van der Waals surface area contributed by atoms with Gasteiger partial charge >= 0.3 is 6.03 Å². The van der Waals surface area contributed by atoms with Crippen LogP contribution < -0.4 is 10.6 Å². The SMILES string of the molecule is CNC(=O)C1(C)CCN(C(=O)NCc2c(C3CCC3)cnn2C)C1. The molecule has 0 aromatic carbocycles. The lowest BCUT2D eigenvalue weighted by atomic mass is 9.80. The predicted molar refractivity (Wildman–Crippen MR) is 90.4 cm³/mol. The van der Waals surface area contributed by atoms with Gasteiger partial charge < -0.3 is 15.5 Å². The molecule has 1 saturated heterocycles.